The number of rotatable bonds is 4. The Kier molecular flexibility index (Phi) is 4.75. The van der Waals surface area contributed by atoms with Crippen LogP contribution in [0.2, 0.25) is 5.02 Å². The van der Waals surface area contributed by atoms with Gasteiger partial charge in [0, 0.05) is 29.9 Å². The fraction of sp³-hybridized carbons (Fsp3) is 0.375. The highest BCUT2D eigenvalue weighted by atomic mass is 35.5. The first-order valence-electron chi connectivity index (χ1n) is 7.53. The van der Waals surface area contributed by atoms with Crippen LogP contribution in [0, 0.1) is 0 Å². The maximum absolute atomic E-state index is 11.9. The molecular weight excluding hydrogens is 300 g/mol. The van der Waals surface area contributed by atoms with Gasteiger partial charge in [-0.05, 0) is 43.5 Å². The summed E-state index contributed by atoms with van der Waals surface area (Å²) in [5.74, 6) is 0.0996. The predicted molar refractivity (Wildman–Crippen MR) is 86.1 cm³/mol. The van der Waals surface area contributed by atoms with Crippen LogP contribution < -0.4 is 10.6 Å². The molecule has 2 N–H and O–H groups in total. The zero-order valence-corrected chi connectivity index (χ0v) is 13.0. The van der Waals surface area contributed by atoms with E-state index in [1.165, 1.54) is 0 Å². The van der Waals surface area contributed by atoms with Crippen LogP contribution in [0.4, 0.5) is 0 Å². The first kappa shape index (κ1) is 15.1. The highest BCUT2D eigenvalue weighted by molar-refractivity contribution is 6.30. The molecule has 0 unspecified atom stereocenters. The highest BCUT2D eigenvalue weighted by Gasteiger charge is 2.19. The largest absolute Gasteiger partial charge is 0.355 e. The SMILES string of the molecule is O=C1NCCCC[C@@H]1NCc1cnn(-c2ccc(Cl)cc2)c1. The van der Waals surface area contributed by atoms with Gasteiger partial charge in [-0.2, -0.15) is 5.10 Å². The summed E-state index contributed by atoms with van der Waals surface area (Å²) in [6, 6.07) is 7.41. The lowest BCUT2D eigenvalue weighted by Gasteiger charge is -2.14. The minimum atomic E-state index is -0.110. The van der Waals surface area contributed by atoms with Crippen LogP contribution in [0.1, 0.15) is 24.8 Å². The molecule has 3 rings (SSSR count). The number of nitrogens with zero attached hydrogens (tertiary/aromatic N) is 2. The molecule has 2 heterocycles. The van der Waals surface area contributed by atoms with Crippen molar-refractivity contribution in [2.45, 2.75) is 31.8 Å². The van der Waals surface area contributed by atoms with Gasteiger partial charge in [0.25, 0.3) is 0 Å². The quantitative estimate of drug-likeness (QED) is 0.909. The Labute approximate surface area is 134 Å². The third-order valence-corrected chi connectivity index (χ3v) is 4.07. The Hall–Kier alpha value is -1.85. The van der Waals surface area contributed by atoms with Crippen LogP contribution in [0.25, 0.3) is 5.69 Å². The fourth-order valence-corrected chi connectivity index (χ4v) is 2.69. The molecule has 0 bridgehead atoms. The van der Waals surface area contributed by atoms with Crippen LogP contribution >= 0.6 is 11.6 Å². The summed E-state index contributed by atoms with van der Waals surface area (Å²) >= 11 is 5.89. The number of benzene rings is 1. The number of nitrogens with one attached hydrogen (secondary N) is 2. The van der Waals surface area contributed by atoms with E-state index >= 15 is 0 Å². The van der Waals surface area contributed by atoms with Crippen LogP contribution in [0.3, 0.4) is 0 Å². The van der Waals surface area contributed by atoms with Gasteiger partial charge < -0.3 is 10.6 Å². The molecule has 0 radical (unpaired) electrons. The van der Waals surface area contributed by atoms with E-state index in [1.807, 2.05) is 36.7 Å². The predicted octanol–water partition coefficient (Wildman–Crippen LogP) is 2.28. The summed E-state index contributed by atoms with van der Waals surface area (Å²) in [6.45, 7) is 1.41. The third kappa shape index (κ3) is 3.67. The van der Waals surface area contributed by atoms with E-state index in [1.54, 1.807) is 4.68 Å². The zero-order chi connectivity index (χ0) is 15.4. The molecule has 1 atom stereocenters. The molecule has 6 heteroatoms. The molecule has 116 valence electrons. The van der Waals surface area contributed by atoms with Gasteiger partial charge >= 0.3 is 0 Å². The van der Waals surface area contributed by atoms with Crippen LogP contribution in [-0.4, -0.2) is 28.3 Å². The molecule has 0 spiro atoms. The van der Waals surface area contributed by atoms with E-state index in [-0.39, 0.29) is 11.9 Å². The first-order valence-corrected chi connectivity index (χ1v) is 7.91. The van der Waals surface area contributed by atoms with Crippen molar-refractivity contribution in [1.29, 1.82) is 0 Å². The van der Waals surface area contributed by atoms with Gasteiger partial charge in [-0.15, -0.1) is 0 Å². The zero-order valence-electron chi connectivity index (χ0n) is 12.3. The summed E-state index contributed by atoms with van der Waals surface area (Å²) in [7, 11) is 0. The number of amides is 1. The number of hydrogen-bond donors (Lipinski definition) is 2. The van der Waals surface area contributed by atoms with Crippen molar-refractivity contribution in [3.8, 4) is 5.69 Å². The van der Waals surface area contributed by atoms with Crippen molar-refractivity contribution < 1.29 is 4.79 Å². The Morgan fingerprint density at radius 1 is 1.32 bits per heavy atom. The molecule has 1 aliphatic rings. The van der Waals surface area contributed by atoms with Crippen molar-refractivity contribution in [3.05, 3.63) is 47.2 Å². The Balaban J connectivity index is 1.62. The summed E-state index contributed by atoms with van der Waals surface area (Å²) in [5.41, 5.74) is 2.01. The number of halogens is 1. The molecule has 1 amide bonds. The Morgan fingerprint density at radius 3 is 2.95 bits per heavy atom. The standard InChI is InChI=1S/C16H19ClN4O/c17-13-4-6-14(7-5-13)21-11-12(10-20-21)9-19-15-3-1-2-8-18-16(15)22/h4-7,10-11,15,19H,1-3,8-9H2,(H,18,22)/t15-/m0/s1. The number of carbonyl (C=O) groups excluding carboxylic acids is 1. The van der Waals surface area contributed by atoms with Gasteiger partial charge in [-0.3, -0.25) is 4.79 Å². The Bertz CT molecular complexity index is 638. The van der Waals surface area contributed by atoms with Crippen molar-refractivity contribution in [1.82, 2.24) is 20.4 Å². The van der Waals surface area contributed by atoms with Crippen molar-refractivity contribution in [3.63, 3.8) is 0 Å². The number of aromatic nitrogens is 2. The molecule has 1 aliphatic heterocycles. The molecule has 0 aliphatic carbocycles. The molecule has 5 nitrogen and oxygen atoms in total. The summed E-state index contributed by atoms with van der Waals surface area (Å²) < 4.78 is 1.81. The van der Waals surface area contributed by atoms with E-state index in [2.05, 4.69) is 15.7 Å². The second kappa shape index (κ2) is 6.94. The number of carbonyl (C=O) groups is 1. The second-order valence-corrected chi connectivity index (χ2v) is 5.93. The lowest BCUT2D eigenvalue weighted by molar-refractivity contribution is -0.122. The van der Waals surface area contributed by atoms with E-state index in [9.17, 15) is 4.79 Å². The summed E-state index contributed by atoms with van der Waals surface area (Å²) in [5, 5.41) is 11.3. The number of hydrogen-bond acceptors (Lipinski definition) is 3. The van der Waals surface area contributed by atoms with Gasteiger partial charge in [0.15, 0.2) is 0 Å². The van der Waals surface area contributed by atoms with Gasteiger partial charge in [-0.25, -0.2) is 4.68 Å². The van der Waals surface area contributed by atoms with Gasteiger partial charge in [0.05, 0.1) is 17.9 Å². The topological polar surface area (TPSA) is 59.0 Å². The van der Waals surface area contributed by atoms with Gasteiger partial charge in [0.2, 0.25) is 5.91 Å². The van der Waals surface area contributed by atoms with Gasteiger partial charge in [-0.1, -0.05) is 11.6 Å². The van der Waals surface area contributed by atoms with Crippen LogP contribution in [-0.2, 0) is 11.3 Å². The maximum Gasteiger partial charge on any atom is 0.237 e. The monoisotopic (exact) mass is 318 g/mol. The van der Waals surface area contributed by atoms with E-state index < -0.39 is 0 Å². The highest BCUT2D eigenvalue weighted by Crippen LogP contribution is 2.13. The average Bonchev–Trinajstić information content (AvgIpc) is 2.90. The normalized spacial score (nSPS) is 18.8. The molecule has 22 heavy (non-hydrogen) atoms. The lowest BCUT2D eigenvalue weighted by Crippen LogP contribution is -2.42. The maximum atomic E-state index is 11.9. The van der Waals surface area contributed by atoms with Crippen LogP contribution in [0.5, 0.6) is 0 Å². The first-order chi connectivity index (χ1) is 10.7. The molecule has 0 saturated carbocycles. The third-order valence-electron chi connectivity index (χ3n) is 3.82. The molecule has 2 aromatic rings. The minimum Gasteiger partial charge on any atom is -0.355 e. The summed E-state index contributed by atoms with van der Waals surface area (Å²) in [6.07, 6.45) is 6.79. The fourth-order valence-electron chi connectivity index (χ4n) is 2.56. The molecular formula is C16H19ClN4O. The molecule has 1 saturated heterocycles. The van der Waals surface area contributed by atoms with Crippen molar-refractivity contribution >= 4 is 17.5 Å². The van der Waals surface area contributed by atoms with Crippen molar-refractivity contribution in [2.75, 3.05) is 6.54 Å². The molecule has 1 aromatic carbocycles. The van der Waals surface area contributed by atoms with Crippen molar-refractivity contribution in [2.24, 2.45) is 0 Å². The van der Waals surface area contributed by atoms with E-state index in [0.717, 1.165) is 37.1 Å². The Morgan fingerprint density at radius 2 is 2.14 bits per heavy atom. The minimum absolute atomic E-state index is 0.0996. The summed E-state index contributed by atoms with van der Waals surface area (Å²) in [4.78, 5) is 11.9. The second-order valence-electron chi connectivity index (χ2n) is 5.49. The van der Waals surface area contributed by atoms with E-state index in [0.29, 0.717) is 11.6 Å². The molecule has 1 aromatic heterocycles. The van der Waals surface area contributed by atoms with Crippen LogP contribution in [0.15, 0.2) is 36.7 Å². The molecule has 1 fully saturated rings. The van der Waals surface area contributed by atoms with E-state index in [4.69, 9.17) is 11.6 Å². The smallest absolute Gasteiger partial charge is 0.237 e. The lowest BCUT2D eigenvalue weighted by atomic mass is 10.1. The van der Waals surface area contributed by atoms with Gasteiger partial charge in [0.1, 0.15) is 0 Å². The average molecular weight is 319 g/mol.